The molecule has 0 aromatic rings. The Labute approximate surface area is 77.8 Å². The maximum absolute atomic E-state index is 10.6. The second-order valence-electron chi connectivity index (χ2n) is 3.48. The Hall–Kier alpha value is -1.03. The second kappa shape index (κ2) is 3.38. The van der Waals surface area contributed by atoms with Gasteiger partial charge in [0.1, 0.15) is 5.72 Å². The third kappa shape index (κ3) is 2.21. The summed E-state index contributed by atoms with van der Waals surface area (Å²) in [7, 11) is 0. The van der Waals surface area contributed by atoms with Gasteiger partial charge in [-0.2, -0.15) is 0 Å². The molecule has 0 aromatic carbocycles. The first-order valence-electron chi connectivity index (χ1n) is 4.24. The lowest BCUT2D eigenvalue weighted by Gasteiger charge is -2.31. The van der Waals surface area contributed by atoms with E-state index in [9.17, 15) is 9.90 Å². The average molecular weight is 185 g/mol. The number of aliphatic hydroxyl groups is 1. The van der Waals surface area contributed by atoms with Crippen LogP contribution in [-0.2, 0) is 9.53 Å². The summed E-state index contributed by atoms with van der Waals surface area (Å²) in [4.78, 5) is 12.2. The van der Waals surface area contributed by atoms with Crippen LogP contribution in [0.5, 0.6) is 0 Å². The summed E-state index contributed by atoms with van der Waals surface area (Å²) in [6.45, 7) is 6.90. The zero-order chi connectivity index (χ0) is 10.1. The molecule has 0 saturated carbocycles. The molecule has 0 bridgehead atoms. The number of carbonyl (C=O) groups excluding carboxylic acids is 1. The van der Waals surface area contributed by atoms with E-state index in [2.05, 4.69) is 6.58 Å². The Morgan fingerprint density at radius 1 is 1.85 bits per heavy atom. The normalized spacial score (nSPS) is 27.9. The fourth-order valence-corrected chi connectivity index (χ4v) is 1.38. The fourth-order valence-electron chi connectivity index (χ4n) is 1.38. The molecule has 13 heavy (non-hydrogen) atoms. The van der Waals surface area contributed by atoms with E-state index in [1.54, 1.807) is 11.8 Å². The molecule has 1 aliphatic heterocycles. The van der Waals surface area contributed by atoms with Crippen LogP contribution in [0.4, 0.5) is 0 Å². The predicted octanol–water partition coefficient (Wildman–Crippen LogP) is 0.825. The van der Waals surface area contributed by atoms with Gasteiger partial charge in [0, 0.05) is 19.0 Å². The minimum absolute atomic E-state index is 0.0845. The molecule has 0 radical (unpaired) electrons. The molecule has 0 amide bonds. The van der Waals surface area contributed by atoms with Crippen LogP contribution in [0.1, 0.15) is 26.7 Å². The van der Waals surface area contributed by atoms with E-state index in [0.717, 1.165) is 12.1 Å². The van der Waals surface area contributed by atoms with Gasteiger partial charge in [0.05, 0.1) is 0 Å². The van der Waals surface area contributed by atoms with Gasteiger partial charge in [-0.15, -0.1) is 0 Å². The average Bonchev–Trinajstić information content (AvgIpc) is 2.23. The maximum Gasteiger partial charge on any atom is 0.304 e. The van der Waals surface area contributed by atoms with E-state index in [1.165, 1.54) is 6.92 Å². The monoisotopic (exact) mass is 185 g/mol. The Balaban J connectivity index is 2.56. The SMILES string of the molecule is C=C1CCC(C)(O)N1COC(C)=O. The molecule has 0 aliphatic carbocycles. The lowest BCUT2D eigenvalue weighted by Crippen LogP contribution is -2.41. The van der Waals surface area contributed by atoms with Crippen molar-refractivity contribution >= 4 is 5.97 Å². The van der Waals surface area contributed by atoms with Gasteiger partial charge in [-0.1, -0.05) is 6.58 Å². The standard InChI is InChI=1S/C9H15NO3/c1-7-4-5-9(3,12)10(7)6-13-8(2)11/h12H,1,4-6H2,2-3H3. The number of esters is 1. The summed E-state index contributed by atoms with van der Waals surface area (Å²) in [5, 5.41) is 9.81. The number of likely N-dealkylation sites (tertiary alicyclic amines) is 1. The molecule has 4 nitrogen and oxygen atoms in total. The van der Waals surface area contributed by atoms with Gasteiger partial charge < -0.3 is 14.7 Å². The van der Waals surface area contributed by atoms with Crippen molar-refractivity contribution in [2.45, 2.75) is 32.4 Å². The molecule has 1 atom stereocenters. The number of ether oxygens (including phenoxy) is 1. The Bertz CT molecular complexity index is 235. The highest BCUT2D eigenvalue weighted by atomic mass is 16.5. The van der Waals surface area contributed by atoms with Crippen LogP contribution in [0.2, 0.25) is 0 Å². The van der Waals surface area contributed by atoms with Gasteiger partial charge in [0.2, 0.25) is 0 Å². The van der Waals surface area contributed by atoms with Crippen molar-refractivity contribution in [3.8, 4) is 0 Å². The highest BCUT2D eigenvalue weighted by molar-refractivity contribution is 5.65. The molecule has 1 aliphatic rings. The molecule has 1 heterocycles. The Kier molecular flexibility index (Phi) is 2.61. The minimum atomic E-state index is -0.924. The summed E-state index contributed by atoms with van der Waals surface area (Å²) in [5.74, 6) is -0.351. The van der Waals surface area contributed by atoms with Gasteiger partial charge >= 0.3 is 5.97 Å². The van der Waals surface area contributed by atoms with Crippen LogP contribution in [0, 0.1) is 0 Å². The summed E-state index contributed by atoms with van der Waals surface area (Å²) >= 11 is 0. The quantitative estimate of drug-likeness (QED) is 0.647. The summed E-state index contributed by atoms with van der Waals surface area (Å²) in [6, 6.07) is 0. The minimum Gasteiger partial charge on any atom is -0.444 e. The first kappa shape index (κ1) is 10.1. The number of nitrogens with zero attached hydrogens (tertiary/aromatic N) is 1. The van der Waals surface area contributed by atoms with E-state index in [0.29, 0.717) is 6.42 Å². The molecule has 4 heteroatoms. The van der Waals surface area contributed by atoms with Crippen LogP contribution < -0.4 is 0 Å². The topological polar surface area (TPSA) is 49.8 Å². The first-order chi connectivity index (χ1) is 5.93. The molecular weight excluding hydrogens is 170 g/mol. The van der Waals surface area contributed by atoms with Crippen molar-refractivity contribution in [3.05, 3.63) is 12.3 Å². The molecule has 74 valence electrons. The zero-order valence-electron chi connectivity index (χ0n) is 8.04. The first-order valence-corrected chi connectivity index (χ1v) is 4.24. The van der Waals surface area contributed by atoms with Crippen molar-refractivity contribution in [1.29, 1.82) is 0 Å². The number of allylic oxidation sites excluding steroid dienone is 1. The molecule has 1 rings (SSSR count). The van der Waals surface area contributed by atoms with Crippen molar-refractivity contribution in [1.82, 2.24) is 4.90 Å². The van der Waals surface area contributed by atoms with Gasteiger partial charge in [-0.25, -0.2) is 0 Å². The summed E-state index contributed by atoms with van der Waals surface area (Å²) in [5.41, 5.74) is -0.113. The molecule has 1 N–H and O–H groups in total. The number of hydrogen-bond donors (Lipinski definition) is 1. The van der Waals surface area contributed by atoms with Crippen molar-refractivity contribution < 1.29 is 14.6 Å². The molecule has 1 unspecified atom stereocenters. The zero-order valence-corrected chi connectivity index (χ0v) is 8.04. The third-order valence-electron chi connectivity index (χ3n) is 2.25. The van der Waals surface area contributed by atoms with Gasteiger partial charge in [0.25, 0.3) is 0 Å². The lowest BCUT2D eigenvalue weighted by atomic mass is 10.2. The molecule has 1 saturated heterocycles. The van der Waals surface area contributed by atoms with Crippen molar-refractivity contribution in [3.63, 3.8) is 0 Å². The van der Waals surface area contributed by atoms with Crippen LogP contribution in [0.25, 0.3) is 0 Å². The largest absolute Gasteiger partial charge is 0.444 e. The van der Waals surface area contributed by atoms with E-state index < -0.39 is 5.72 Å². The summed E-state index contributed by atoms with van der Waals surface area (Å²) in [6.07, 6.45) is 1.38. The Morgan fingerprint density at radius 2 is 2.46 bits per heavy atom. The maximum atomic E-state index is 10.6. The number of carbonyl (C=O) groups is 1. The number of hydrogen-bond acceptors (Lipinski definition) is 4. The van der Waals surface area contributed by atoms with E-state index >= 15 is 0 Å². The second-order valence-corrected chi connectivity index (χ2v) is 3.48. The lowest BCUT2D eigenvalue weighted by molar-refractivity contribution is -0.154. The smallest absolute Gasteiger partial charge is 0.304 e. The third-order valence-corrected chi connectivity index (χ3v) is 2.25. The number of rotatable bonds is 2. The van der Waals surface area contributed by atoms with Crippen molar-refractivity contribution in [2.75, 3.05) is 6.73 Å². The predicted molar refractivity (Wildman–Crippen MR) is 47.5 cm³/mol. The van der Waals surface area contributed by atoms with Gasteiger partial charge in [-0.3, -0.25) is 4.79 Å². The van der Waals surface area contributed by atoms with E-state index in [-0.39, 0.29) is 12.7 Å². The summed E-state index contributed by atoms with van der Waals surface area (Å²) < 4.78 is 4.80. The molecular formula is C9H15NO3. The van der Waals surface area contributed by atoms with Crippen LogP contribution >= 0.6 is 0 Å². The van der Waals surface area contributed by atoms with Crippen LogP contribution in [0.15, 0.2) is 12.3 Å². The highest BCUT2D eigenvalue weighted by Crippen LogP contribution is 2.32. The van der Waals surface area contributed by atoms with Crippen LogP contribution in [0.3, 0.4) is 0 Å². The van der Waals surface area contributed by atoms with E-state index in [1.807, 2.05) is 0 Å². The van der Waals surface area contributed by atoms with Gasteiger partial charge in [-0.05, 0) is 13.3 Å². The van der Waals surface area contributed by atoms with Crippen molar-refractivity contribution in [2.24, 2.45) is 0 Å². The van der Waals surface area contributed by atoms with Gasteiger partial charge in [0.15, 0.2) is 6.73 Å². The highest BCUT2D eigenvalue weighted by Gasteiger charge is 2.36. The van der Waals surface area contributed by atoms with E-state index in [4.69, 9.17) is 4.74 Å². The fraction of sp³-hybridized carbons (Fsp3) is 0.667. The Morgan fingerprint density at radius 3 is 2.85 bits per heavy atom. The molecule has 0 aromatic heterocycles. The van der Waals surface area contributed by atoms with Crippen LogP contribution in [-0.4, -0.2) is 28.4 Å². The molecule has 1 fully saturated rings. The molecule has 0 spiro atoms.